The summed E-state index contributed by atoms with van der Waals surface area (Å²) in [6.45, 7) is 7.17. The molecule has 2 aromatic rings. The predicted octanol–water partition coefficient (Wildman–Crippen LogP) is 3.50. The molecule has 0 aliphatic rings. The summed E-state index contributed by atoms with van der Waals surface area (Å²) in [5.74, 6) is 1.80. The number of hydrogen-bond acceptors (Lipinski definition) is 4. The van der Waals surface area contributed by atoms with Gasteiger partial charge in [0.15, 0.2) is 0 Å². The van der Waals surface area contributed by atoms with Crippen LogP contribution in [0.4, 0.5) is 5.69 Å². The van der Waals surface area contributed by atoms with Crippen LogP contribution in [0.2, 0.25) is 0 Å². The van der Waals surface area contributed by atoms with Crippen molar-refractivity contribution in [2.24, 2.45) is 5.92 Å². The lowest BCUT2D eigenvalue weighted by molar-refractivity contribution is 0.532. The summed E-state index contributed by atoms with van der Waals surface area (Å²) in [4.78, 5) is 0. The third-order valence-corrected chi connectivity index (χ3v) is 3.02. The molecule has 4 nitrogen and oxygen atoms in total. The van der Waals surface area contributed by atoms with E-state index in [1.165, 1.54) is 0 Å². The molecule has 1 aromatic heterocycles. The number of aromatic nitrogens is 2. The molecule has 1 atom stereocenters. The zero-order valence-electron chi connectivity index (χ0n) is 11.1. The van der Waals surface area contributed by atoms with Crippen LogP contribution in [0.15, 0.2) is 28.7 Å². The number of benzene rings is 1. The Morgan fingerprint density at radius 3 is 2.72 bits per heavy atom. The summed E-state index contributed by atoms with van der Waals surface area (Å²) in [5.41, 5.74) is 2.00. The van der Waals surface area contributed by atoms with Gasteiger partial charge in [-0.25, -0.2) is 0 Å². The van der Waals surface area contributed by atoms with Crippen molar-refractivity contribution in [3.05, 3.63) is 30.2 Å². The first kappa shape index (κ1) is 12.6. The lowest BCUT2D eigenvalue weighted by atomic mass is 10.1. The van der Waals surface area contributed by atoms with E-state index in [0.717, 1.165) is 24.2 Å². The zero-order valence-corrected chi connectivity index (χ0v) is 11.1. The summed E-state index contributed by atoms with van der Waals surface area (Å²) in [5, 5.41) is 11.4. The van der Waals surface area contributed by atoms with Crippen molar-refractivity contribution < 1.29 is 4.42 Å². The predicted molar refractivity (Wildman–Crippen MR) is 72.4 cm³/mol. The van der Waals surface area contributed by atoms with Gasteiger partial charge in [-0.05, 0) is 18.1 Å². The van der Waals surface area contributed by atoms with Gasteiger partial charge in [-0.3, -0.25) is 0 Å². The molecule has 1 unspecified atom stereocenters. The topological polar surface area (TPSA) is 51.0 Å². The van der Waals surface area contributed by atoms with E-state index in [1.54, 1.807) is 6.92 Å². The van der Waals surface area contributed by atoms with Gasteiger partial charge < -0.3 is 9.73 Å². The van der Waals surface area contributed by atoms with Gasteiger partial charge in [-0.2, -0.15) is 0 Å². The minimum atomic E-state index is 0.569. The monoisotopic (exact) mass is 245 g/mol. The summed E-state index contributed by atoms with van der Waals surface area (Å²) < 4.78 is 5.48. The van der Waals surface area contributed by atoms with Crippen LogP contribution in [0.3, 0.4) is 0 Å². The average Bonchev–Trinajstić information content (AvgIpc) is 2.83. The van der Waals surface area contributed by atoms with E-state index in [-0.39, 0.29) is 0 Å². The average molecular weight is 245 g/mol. The standard InChI is InChI=1S/C14H19N3O/c1-4-10(2)9-15-13-8-6-5-7-12(13)14-17-16-11(3)18-14/h5-8,10,15H,4,9H2,1-3H3. The van der Waals surface area contributed by atoms with Gasteiger partial charge in [-0.1, -0.05) is 32.4 Å². The molecule has 0 aliphatic carbocycles. The van der Waals surface area contributed by atoms with Crippen molar-refractivity contribution in [1.82, 2.24) is 10.2 Å². The number of anilines is 1. The fourth-order valence-electron chi connectivity index (χ4n) is 1.66. The quantitative estimate of drug-likeness (QED) is 0.875. The van der Waals surface area contributed by atoms with E-state index >= 15 is 0 Å². The van der Waals surface area contributed by atoms with Crippen LogP contribution in [0.5, 0.6) is 0 Å². The van der Waals surface area contributed by atoms with Crippen LogP contribution in [-0.2, 0) is 0 Å². The second-order valence-electron chi connectivity index (χ2n) is 4.57. The Kier molecular flexibility index (Phi) is 3.97. The van der Waals surface area contributed by atoms with Crippen LogP contribution in [0.25, 0.3) is 11.5 Å². The number of rotatable bonds is 5. The summed E-state index contributed by atoms with van der Waals surface area (Å²) in [7, 11) is 0. The molecule has 0 fully saturated rings. The summed E-state index contributed by atoms with van der Waals surface area (Å²) in [6, 6.07) is 8.01. The molecule has 0 saturated heterocycles. The molecule has 1 heterocycles. The Bertz CT molecular complexity index is 507. The fraction of sp³-hybridized carbons (Fsp3) is 0.429. The van der Waals surface area contributed by atoms with Gasteiger partial charge in [0.25, 0.3) is 0 Å². The molecule has 4 heteroatoms. The molecule has 0 radical (unpaired) electrons. The molecular formula is C14H19N3O. The Hall–Kier alpha value is -1.84. The van der Waals surface area contributed by atoms with E-state index in [4.69, 9.17) is 4.42 Å². The smallest absolute Gasteiger partial charge is 0.249 e. The van der Waals surface area contributed by atoms with Gasteiger partial charge in [0, 0.05) is 19.2 Å². The third-order valence-electron chi connectivity index (χ3n) is 3.02. The minimum Gasteiger partial charge on any atom is -0.421 e. The Balaban J connectivity index is 2.20. The number of nitrogens with one attached hydrogen (secondary N) is 1. The van der Waals surface area contributed by atoms with Gasteiger partial charge in [0.1, 0.15) is 0 Å². The van der Waals surface area contributed by atoms with E-state index in [0.29, 0.717) is 17.7 Å². The highest BCUT2D eigenvalue weighted by Crippen LogP contribution is 2.26. The van der Waals surface area contributed by atoms with Crippen molar-refractivity contribution in [1.29, 1.82) is 0 Å². The highest BCUT2D eigenvalue weighted by atomic mass is 16.4. The van der Waals surface area contributed by atoms with Crippen LogP contribution < -0.4 is 5.32 Å². The second-order valence-corrected chi connectivity index (χ2v) is 4.57. The SMILES string of the molecule is CCC(C)CNc1ccccc1-c1nnc(C)o1. The molecule has 0 bridgehead atoms. The first-order valence-corrected chi connectivity index (χ1v) is 6.34. The number of aryl methyl sites for hydroxylation is 1. The molecule has 18 heavy (non-hydrogen) atoms. The van der Waals surface area contributed by atoms with Crippen molar-refractivity contribution >= 4 is 5.69 Å². The third kappa shape index (κ3) is 2.88. The Morgan fingerprint density at radius 2 is 2.06 bits per heavy atom. The second kappa shape index (κ2) is 5.67. The summed E-state index contributed by atoms with van der Waals surface area (Å²) >= 11 is 0. The zero-order chi connectivity index (χ0) is 13.0. The fourth-order valence-corrected chi connectivity index (χ4v) is 1.66. The lowest BCUT2D eigenvalue weighted by Crippen LogP contribution is -2.10. The number of hydrogen-bond donors (Lipinski definition) is 1. The van der Waals surface area contributed by atoms with Crippen LogP contribution in [0.1, 0.15) is 26.2 Å². The molecule has 1 aromatic carbocycles. The maximum absolute atomic E-state index is 5.48. The number of para-hydroxylation sites is 1. The Morgan fingerprint density at radius 1 is 1.28 bits per heavy atom. The molecule has 96 valence electrons. The van der Waals surface area contributed by atoms with E-state index < -0.39 is 0 Å². The van der Waals surface area contributed by atoms with E-state index in [2.05, 4.69) is 29.4 Å². The van der Waals surface area contributed by atoms with E-state index in [9.17, 15) is 0 Å². The lowest BCUT2D eigenvalue weighted by Gasteiger charge is -2.13. The van der Waals surface area contributed by atoms with Crippen LogP contribution in [0, 0.1) is 12.8 Å². The van der Waals surface area contributed by atoms with Crippen LogP contribution in [-0.4, -0.2) is 16.7 Å². The molecule has 0 aliphatic heterocycles. The van der Waals surface area contributed by atoms with Crippen molar-refractivity contribution in [3.63, 3.8) is 0 Å². The van der Waals surface area contributed by atoms with Gasteiger partial charge in [-0.15, -0.1) is 10.2 Å². The van der Waals surface area contributed by atoms with Crippen molar-refractivity contribution in [2.75, 3.05) is 11.9 Å². The van der Waals surface area contributed by atoms with Crippen molar-refractivity contribution in [3.8, 4) is 11.5 Å². The first-order chi connectivity index (χ1) is 8.70. The van der Waals surface area contributed by atoms with Gasteiger partial charge >= 0.3 is 0 Å². The summed E-state index contributed by atoms with van der Waals surface area (Å²) in [6.07, 6.45) is 1.16. The highest BCUT2D eigenvalue weighted by molar-refractivity contribution is 5.72. The molecule has 2 rings (SSSR count). The van der Waals surface area contributed by atoms with Gasteiger partial charge in [0.05, 0.1) is 5.56 Å². The highest BCUT2D eigenvalue weighted by Gasteiger charge is 2.11. The normalized spacial score (nSPS) is 12.4. The van der Waals surface area contributed by atoms with Crippen molar-refractivity contribution in [2.45, 2.75) is 27.2 Å². The molecule has 0 saturated carbocycles. The largest absolute Gasteiger partial charge is 0.421 e. The molecular weight excluding hydrogens is 226 g/mol. The number of nitrogens with zero attached hydrogens (tertiary/aromatic N) is 2. The minimum absolute atomic E-state index is 0.569. The maximum atomic E-state index is 5.48. The molecule has 0 amide bonds. The molecule has 0 spiro atoms. The van der Waals surface area contributed by atoms with E-state index in [1.807, 2.05) is 24.3 Å². The molecule has 1 N–H and O–H groups in total. The first-order valence-electron chi connectivity index (χ1n) is 6.34. The van der Waals surface area contributed by atoms with Crippen LogP contribution >= 0.6 is 0 Å². The maximum Gasteiger partial charge on any atom is 0.249 e. The Labute approximate surface area is 107 Å². The van der Waals surface area contributed by atoms with Gasteiger partial charge in [0.2, 0.25) is 11.8 Å².